The zero-order valence-corrected chi connectivity index (χ0v) is 12.9. The van der Waals surface area contributed by atoms with Gasteiger partial charge in [0.15, 0.2) is 0 Å². The number of nitrogens with one attached hydrogen (secondary N) is 2. The quantitative estimate of drug-likeness (QED) is 0.572. The molecule has 0 rings (SSSR count). The van der Waals surface area contributed by atoms with E-state index in [9.17, 15) is 14.4 Å². The molecule has 0 aliphatic rings. The number of hydrogen-bond acceptors (Lipinski definition) is 3. The Bertz CT molecular complexity index is 348. The average molecular weight is 285 g/mol. The second-order valence-electron chi connectivity index (χ2n) is 5.88. The summed E-state index contributed by atoms with van der Waals surface area (Å²) in [4.78, 5) is 34.0. The Hall–Kier alpha value is -1.59. The number of amides is 3. The summed E-state index contributed by atoms with van der Waals surface area (Å²) in [5.41, 5.74) is 4.84. The monoisotopic (exact) mass is 285 g/mol. The molecule has 0 saturated heterocycles. The van der Waals surface area contributed by atoms with Crippen LogP contribution >= 0.6 is 0 Å². The minimum atomic E-state index is -0.624. The molecule has 0 bridgehead atoms. The Morgan fingerprint density at radius 2 is 1.75 bits per heavy atom. The van der Waals surface area contributed by atoms with Crippen LogP contribution in [0.25, 0.3) is 0 Å². The van der Waals surface area contributed by atoms with Gasteiger partial charge in [-0.1, -0.05) is 27.7 Å². The predicted octanol–water partition coefficient (Wildman–Crippen LogP) is 0.699. The van der Waals surface area contributed by atoms with Crippen LogP contribution in [0, 0.1) is 5.41 Å². The van der Waals surface area contributed by atoms with Gasteiger partial charge in [0.1, 0.15) is 6.04 Å². The molecule has 0 aliphatic carbocycles. The van der Waals surface area contributed by atoms with Crippen LogP contribution in [0.3, 0.4) is 0 Å². The summed E-state index contributed by atoms with van der Waals surface area (Å²) >= 11 is 0. The first kappa shape index (κ1) is 18.4. The number of rotatable bonds is 8. The minimum Gasteiger partial charge on any atom is -0.368 e. The Labute approximate surface area is 120 Å². The highest BCUT2D eigenvalue weighted by Gasteiger charge is 2.20. The van der Waals surface area contributed by atoms with Gasteiger partial charge >= 0.3 is 0 Å². The van der Waals surface area contributed by atoms with Crippen LogP contribution in [0.2, 0.25) is 0 Å². The van der Waals surface area contributed by atoms with Crippen molar-refractivity contribution < 1.29 is 14.4 Å². The number of nitrogens with two attached hydrogens (primary N) is 1. The van der Waals surface area contributed by atoms with Crippen molar-refractivity contribution in [3.8, 4) is 0 Å². The first-order valence-electron chi connectivity index (χ1n) is 7.05. The van der Waals surface area contributed by atoms with Crippen LogP contribution in [0.4, 0.5) is 0 Å². The fourth-order valence-electron chi connectivity index (χ4n) is 1.52. The summed E-state index contributed by atoms with van der Waals surface area (Å²) in [6, 6.07) is -0.624. The Balaban J connectivity index is 3.94. The highest BCUT2D eigenvalue weighted by atomic mass is 16.2. The minimum absolute atomic E-state index is 0.00300. The molecule has 0 aromatic rings. The largest absolute Gasteiger partial charge is 0.368 e. The summed E-state index contributed by atoms with van der Waals surface area (Å²) in [5, 5.41) is 5.42. The van der Waals surface area contributed by atoms with Crippen molar-refractivity contribution in [2.45, 2.75) is 59.4 Å². The average Bonchev–Trinajstić information content (AvgIpc) is 2.34. The SMILES string of the molecule is CCC(=O)N[C@@H](CCCCNC(=O)C(C)(C)C)C(N)=O. The van der Waals surface area contributed by atoms with E-state index in [1.165, 1.54) is 0 Å². The lowest BCUT2D eigenvalue weighted by molar-refractivity contribution is -0.128. The molecule has 1 atom stereocenters. The molecule has 0 heterocycles. The fraction of sp³-hybridized carbons (Fsp3) is 0.786. The molecular formula is C14H27N3O3. The van der Waals surface area contributed by atoms with Crippen LogP contribution in [-0.2, 0) is 14.4 Å². The first-order valence-corrected chi connectivity index (χ1v) is 7.05. The van der Waals surface area contributed by atoms with Crippen molar-refractivity contribution in [2.24, 2.45) is 11.1 Å². The molecule has 116 valence electrons. The molecule has 0 aromatic heterocycles. The molecular weight excluding hydrogens is 258 g/mol. The van der Waals surface area contributed by atoms with Gasteiger partial charge in [-0.3, -0.25) is 14.4 Å². The number of carbonyl (C=O) groups is 3. The maximum absolute atomic E-state index is 11.6. The predicted molar refractivity (Wildman–Crippen MR) is 77.7 cm³/mol. The van der Waals surface area contributed by atoms with Crippen molar-refractivity contribution in [3.05, 3.63) is 0 Å². The summed E-state index contributed by atoms with van der Waals surface area (Å²) in [5.74, 6) is -0.705. The topological polar surface area (TPSA) is 101 Å². The van der Waals surface area contributed by atoms with E-state index in [0.717, 1.165) is 6.42 Å². The molecule has 0 aliphatic heterocycles. The summed E-state index contributed by atoms with van der Waals surface area (Å²) in [6.07, 6.45) is 2.27. The van der Waals surface area contributed by atoms with Crippen molar-refractivity contribution in [1.29, 1.82) is 0 Å². The summed E-state index contributed by atoms with van der Waals surface area (Å²) < 4.78 is 0. The van der Waals surface area contributed by atoms with Gasteiger partial charge in [0, 0.05) is 18.4 Å². The standard InChI is InChI=1S/C14H27N3O3/c1-5-11(18)17-10(12(15)19)8-6-7-9-16-13(20)14(2,3)4/h10H,5-9H2,1-4H3,(H2,15,19)(H,16,20)(H,17,18)/t10-/m0/s1. The third-order valence-electron chi connectivity index (χ3n) is 2.89. The number of primary amides is 1. The van der Waals surface area contributed by atoms with Crippen molar-refractivity contribution >= 4 is 17.7 Å². The lowest BCUT2D eigenvalue weighted by Gasteiger charge is -2.18. The molecule has 4 N–H and O–H groups in total. The molecule has 0 radical (unpaired) electrons. The van der Waals surface area contributed by atoms with E-state index in [4.69, 9.17) is 5.73 Å². The maximum atomic E-state index is 11.6. The number of unbranched alkanes of at least 4 members (excludes halogenated alkanes) is 1. The molecule has 6 heteroatoms. The summed E-state index contributed by atoms with van der Waals surface area (Å²) in [7, 11) is 0. The highest BCUT2D eigenvalue weighted by molar-refractivity contribution is 5.86. The van der Waals surface area contributed by atoms with Crippen LogP contribution in [-0.4, -0.2) is 30.3 Å². The highest BCUT2D eigenvalue weighted by Crippen LogP contribution is 2.12. The molecule has 0 fully saturated rings. The molecule has 6 nitrogen and oxygen atoms in total. The molecule has 20 heavy (non-hydrogen) atoms. The zero-order chi connectivity index (χ0) is 15.8. The first-order chi connectivity index (χ1) is 9.18. The maximum Gasteiger partial charge on any atom is 0.239 e. The lowest BCUT2D eigenvalue weighted by atomic mass is 9.95. The van der Waals surface area contributed by atoms with Gasteiger partial charge in [0.25, 0.3) is 0 Å². The molecule has 3 amide bonds. The van der Waals surface area contributed by atoms with Crippen LogP contribution in [0.5, 0.6) is 0 Å². The van der Waals surface area contributed by atoms with E-state index in [2.05, 4.69) is 10.6 Å². The van der Waals surface area contributed by atoms with Crippen LogP contribution in [0.15, 0.2) is 0 Å². The van der Waals surface area contributed by atoms with Crippen LogP contribution in [0.1, 0.15) is 53.4 Å². The van der Waals surface area contributed by atoms with Crippen molar-refractivity contribution in [1.82, 2.24) is 10.6 Å². The molecule has 0 aromatic carbocycles. The van der Waals surface area contributed by atoms with E-state index < -0.39 is 17.4 Å². The smallest absolute Gasteiger partial charge is 0.239 e. The second-order valence-corrected chi connectivity index (χ2v) is 5.88. The second kappa shape index (κ2) is 8.55. The molecule has 0 saturated carbocycles. The van der Waals surface area contributed by atoms with Gasteiger partial charge in [0.2, 0.25) is 17.7 Å². The van der Waals surface area contributed by atoms with Gasteiger partial charge < -0.3 is 16.4 Å². The van der Waals surface area contributed by atoms with E-state index >= 15 is 0 Å². The van der Waals surface area contributed by atoms with E-state index in [1.54, 1.807) is 6.92 Å². The van der Waals surface area contributed by atoms with Crippen LogP contribution < -0.4 is 16.4 Å². The van der Waals surface area contributed by atoms with Crippen molar-refractivity contribution in [2.75, 3.05) is 6.54 Å². The van der Waals surface area contributed by atoms with E-state index in [0.29, 0.717) is 25.8 Å². The Morgan fingerprint density at radius 3 is 2.20 bits per heavy atom. The number of hydrogen-bond donors (Lipinski definition) is 3. The zero-order valence-electron chi connectivity index (χ0n) is 12.9. The lowest BCUT2D eigenvalue weighted by Crippen LogP contribution is -2.44. The normalized spacial score (nSPS) is 12.6. The van der Waals surface area contributed by atoms with Gasteiger partial charge in [-0.05, 0) is 19.3 Å². The molecule has 0 spiro atoms. The van der Waals surface area contributed by atoms with E-state index in [-0.39, 0.29) is 11.8 Å². The van der Waals surface area contributed by atoms with Crippen molar-refractivity contribution in [3.63, 3.8) is 0 Å². The van der Waals surface area contributed by atoms with Gasteiger partial charge in [-0.25, -0.2) is 0 Å². The Morgan fingerprint density at radius 1 is 1.15 bits per heavy atom. The third kappa shape index (κ3) is 7.76. The molecule has 0 unspecified atom stereocenters. The van der Waals surface area contributed by atoms with Gasteiger partial charge in [0.05, 0.1) is 0 Å². The van der Waals surface area contributed by atoms with Gasteiger partial charge in [-0.15, -0.1) is 0 Å². The number of carbonyl (C=O) groups excluding carboxylic acids is 3. The Kier molecular flexibility index (Phi) is 7.87. The van der Waals surface area contributed by atoms with E-state index in [1.807, 2.05) is 20.8 Å². The third-order valence-corrected chi connectivity index (χ3v) is 2.89. The van der Waals surface area contributed by atoms with Gasteiger partial charge in [-0.2, -0.15) is 0 Å². The summed E-state index contributed by atoms with van der Waals surface area (Å²) in [6.45, 7) is 7.84. The fourth-order valence-corrected chi connectivity index (χ4v) is 1.52.